The highest BCUT2D eigenvalue weighted by Gasteiger charge is 2.14. The summed E-state index contributed by atoms with van der Waals surface area (Å²) < 4.78 is 4.60. The Labute approximate surface area is 99.1 Å². The van der Waals surface area contributed by atoms with Gasteiger partial charge in [0.2, 0.25) is 0 Å². The van der Waals surface area contributed by atoms with Crippen molar-refractivity contribution >= 4 is 29.2 Å². The monoisotopic (exact) mass is 246 g/mol. The fraction of sp³-hybridized carbons (Fsp3) is 0.364. The molecule has 2 nitrogen and oxygen atoms in total. The van der Waals surface area contributed by atoms with Crippen molar-refractivity contribution < 1.29 is 9.53 Å². The van der Waals surface area contributed by atoms with Crippen molar-refractivity contribution in [2.24, 2.45) is 0 Å². The molecule has 1 unspecified atom stereocenters. The zero-order valence-electron chi connectivity index (χ0n) is 8.59. The minimum absolute atomic E-state index is 0.0298. The molecule has 1 atom stereocenters. The van der Waals surface area contributed by atoms with Gasteiger partial charge in [-0.3, -0.25) is 4.79 Å². The van der Waals surface area contributed by atoms with Crippen molar-refractivity contribution in [1.29, 1.82) is 0 Å². The molecule has 0 aliphatic heterocycles. The minimum atomic E-state index is -0.242. The highest BCUT2D eigenvalue weighted by atomic mass is 35.5. The second-order valence-electron chi connectivity index (χ2n) is 3.35. The van der Waals surface area contributed by atoms with E-state index in [0.29, 0.717) is 16.5 Å². The maximum absolute atomic E-state index is 11.1. The molecular weight excluding hydrogens is 235 g/mol. The number of methoxy groups -OCH3 is 1. The summed E-state index contributed by atoms with van der Waals surface area (Å²) in [7, 11) is 1.37. The molecule has 0 amide bonds. The molecule has 0 fully saturated rings. The molecule has 0 radical (unpaired) electrons. The lowest BCUT2D eigenvalue weighted by atomic mass is 9.98. The van der Waals surface area contributed by atoms with Crippen LogP contribution in [-0.4, -0.2) is 13.1 Å². The summed E-state index contributed by atoms with van der Waals surface area (Å²) in [5.41, 5.74) is 0.909. The first-order valence-electron chi connectivity index (χ1n) is 4.56. The molecule has 1 aromatic carbocycles. The number of carbonyl (C=O) groups excluding carboxylic acids is 1. The summed E-state index contributed by atoms with van der Waals surface area (Å²) in [4.78, 5) is 11.1. The van der Waals surface area contributed by atoms with Crippen LogP contribution < -0.4 is 0 Å². The third kappa shape index (κ3) is 3.40. The van der Waals surface area contributed by atoms with Crippen LogP contribution in [0, 0.1) is 0 Å². The van der Waals surface area contributed by atoms with Crippen molar-refractivity contribution in [2.45, 2.75) is 19.3 Å². The minimum Gasteiger partial charge on any atom is -0.469 e. The standard InChI is InChI=1S/C11H12Cl2O2/c1-7(5-11(14)15-2)9-4-3-8(12)6-10(9)13/h3-4,6-7H,5H2,1-2H3. The molecular formula is C11H12Cl2O2. The SMILES string of the molecule is COC(=O)CC(C)c1ccc(Cl)cc1Cl. The number of hydrogen-bond acceptors (Lipinski definition) is 2. The van der Waals surface area contributed by atoms with E-state index in [9.17, 15) is 4.79 Å². The van der Waals surface area contributed by atoms with Gasteiger partial charge < -0.3 is 4.74 Å². The Morgan fingerprint density at radius 1 is 1.47 bits per heavy atom. The van der Waals surface area contributed by atoms with Crippen LogP contribution in [0.5, 0.6) is 0 Å². The lowest BCUT2D eigenvalue weighted by Crippen LogP contribution is -2.06. The van der Waals surface area contributed by atoms with Crippen LogP contribution in [0.3, 0.4) is 0 Å². The van der Waals surface area contributed by atoms with E-state index in [0.717, 1.165) is 5.56 Å². The Hall–Kier alpha value is -0.730. The summed E-state index contributed by atoms with van der Waals surface area (Å²) in [5.74, 6) is -0.212. The lowest BCUT2D eigenvalue weighted by Gasteiger charge is -2.12. The van der Waals surface area contributed by atoms with E-state index in [2.05, 4.69) is 4.74 Å². The molecule has 15 heavy (non-hydrogen) atoms. The quantitative estimate of drug-likeness (QED) is 0.762. The first kappa shape index (κ1) is 12.3. The third-order valence-corrected chi connectivity index (χ3v) is 2.76. The number of rotatable bonds is 3. The van der Waals surface area contributed by atoms with Crippen LogP contribution >= 0.6 is 23.2 Å². The van der Waals surface area contributed by atoms with Gasteiger partial charge in [0.15, 0.2) is 0 Å². The van der Waals surface area contributed by atoms with E-state index in [1.54, 1.807) is 12.1 Å². The maximum atomic E-state index is 11.1. The Morgan fingerprint density at radius 2 is 2.13 bits per heavy atom. The molecule has 1 aromatic rings. The average molecular weight is 247 g/mol. The van der Waals surface area contributed by atoms with Crippen LogP contribution in [0.4, 0.5) is 0 Å². The van der Waals surface area contributed by atoms with E-state index < -0.39 is 0 Å². The molecule has 0 saturated carbocycles. The van der Waals surface area contributed by atoms with Crippen molar-refractivity contribution in [1.82, 2.24) is 0 Å². The number of halogens is 2. The van der Waals surface area contributed by atoms with Crippen LogP contribution in [-0.2, 0) is 9.53 Å². The van der Waals surface area contributed by atoms with E-state index in [1.807, 2.05) is 13.0 Å². The zero-order valence-corrected chi connectivity index (χ0v) is 10.1. The van der Waals surface area contributed by atoms with E-state index >= 15 is 0 Å². The molecule has 82 valence electrons. The number of esters is 1. The van der Waals surface area contributed by atoms with Crippen molar-refractivity contribution in [3.8, 4) is 0 Å². The Morgan fingerprint density at radius 3 is 2.67 bits per heavy atom. The smallest absolute Gasteiger partial charge is 0.306 e. The summed E-state index contributed by atoms with van der Waals surface area (Å²) in [6.07, 6.45) is 0.317. The Bertz CT molecular complexity index is 364. The second-order valence-corrected chi connectivity index (χ2v) is 4.19. The molecule has 0 N–H and O–H groups in total. The van der Waals surface area contributed by atoms with E-state index in [-0.39, 0.29) is 11.9 Å². The summed E-state index contributed by atoms with van der Waals surface area (Å²) >= 11 is 11.8. The van der Waals surface area contributed by atoms with E-state index in [1.165, 1.54) is 7.11 Å². The molecule has 0 aliphatic carbocycles. The molecule has 0 spiro atoms. The molecule has 0 aromatic heterocycles. The molecule has 0 aliphatic rings. The second kappa shape index (κ2) is 5.38. The number of carbonyl (C=O) groups is 1. The third-order valence-electron chi connectivity index (χ3n) is 2.19. The van der Waals surface area contributed by atoms with Crippen molar-refractivity contribution in [2.75, 3.05) is 7.11 Å². The predicted molar refractivity (Wildman–Crippen MR) is 61.5 cm³/mol. The van der Waals surface area contributed by atoms with Crippen molar-refractivity contribution in [3.63, 3.8) is 0 Å². The number of benzene rings is 1. The van der Waals surface area contributed by atoms with Gasteiger partial charge in [0.1, 0.15) is 0 Å². The first-order chi connectivity index (χ1) is 7.04. The fourth-order valence-electron chi connectivity index (χ4n) is 1.34. The maximum Gasteiger partial charge on any atom is 0.306 e. The predicted octanol–water partition coefficient (Wildman–Crippen LogP) is 3.66. The van der Waals surface area contributed by atoms with Gasteiger partial charge in [0.25, 0.3) is 0 Å². The number of hydrogen-bond donors (Lipinski definition) is 0. The van der Waals surface area contributed by atoms with Gasteiger partial charge in [0.05, 0.1) is 13.5 Å². The topological polar surface area (TPSA) is 26.3 Å². The summed E-state index contributed by atoms with van der Waals surface area (Å²) in [6, 6.07) is 5.26. The van der Waals surface area contributed by atoms with Crippen LogP contribution in [0.15, 0.2) is 18.2 Å². The highest BCUT2D eigenvalue weighted by molar-refractivity contribution is 6.35. The average Bonchev–Trinajstić information content (AvgIpc) is 2.17. The van der Waals surface area contributed by atoms with Crippen LogP contribution in [0.1, 0.15) is 24.8 Å². The Kier molecular flexibility index (Phi) is 4.43. The normalized spacial score (nSPS) is 12.3. The van der Waals surface area contributed by atoms with Crippen LogP contribution in [0.25, 0.3) is 0 Å². The van der Waals surface area contributed by atoms with Gasteiger partial charge in [-0.15, -0.1) is 0 Å². The van der Waals surface area contributed by atoms with Crippen LogP contribution in [0.2, 0.25) is 10.0 Å². The summed E-state index contributed by atoms with van der Waals surface area (Å²) in [5, 5.41) is 1.17. The Balaban J connectivity index is 2.82. The van der Waals surface area contributed by atoms with Gasteiger partial charge >= 0.3 is 5.97 Å². The largest absolute Gasteiger partial charge is 0.469 e. The fourth-order valence-corrected chi connectivity index (χ4v) is 1.94. The summed E-state index contributed by atoms with van der Waals surface area (Å²) in [6.45, 7) is 1.92. The molecule has 1 rings (SSSR count). The van der Waals surface area contributed by atoms with Gasteiger partial charge in [-0.05, 0) is 23.6 Å². The first-order valence-corrected chi connectivity index (χ1v) is 5.32. The number of ether oxygens (including phenoxy) is 1. The lowest BCUT2D eigenvalue weighted by molar-refractivity contribution is -0.140. The molecule has 0 heterocycles. The van der Waals surface area contributed by atoms with Crippen molar-refractivity contribution in [3.05, 3.63) is 33.8 Å². The van der Waals surface area contributed by atoms with Gasteiger partial charge in [0, 0.05) is 10.0 Å². The molecule has 0 saturated heterocycles. The van der Waals surface area contributed by atoms with Gasteiger partial charge in [-0.1, -0.05) is 36.2 Å². The highest BCUT2D eigenvalue weighted by Crippen LogP contribution is 2.29. The van der Waals surface area contributed by atoms with E-state index in [4.69, 9.17) is 23.2 Å². The molecule has 0 bridgehead atoms. The van der Waals surface area contributed by atoms with Gasteiger partial charge in [-0.25, -0.2) is 0 Å². The molecule has 4 heteroatoms. The zero-order chi connectivity index (χ0) is 11.4. The van der Waals surface area contributed by atoms with Gasteiger partial charge in [-0.2, -0.15) is 0 Å².